The number of ether oxygens (including phenoxy) is 1. The van der Waals surface area contributed by atoms with Gasteiger partial charge in [0.2, 0.25) is 11.7 Å². The summed E-state index contributed by atoms with van der Waals surface area (Å²) in [6, 6.07) is 0. The Morgan fingerprint density at radius 2 is 2.20 bits per heavy atom. The number of nitrogen functional groups attached to an aromatic ring is 1. The number of aromatic nitrogens is 4. The molecule has 0 radical (unpaired) electrons. The fourth-order valence-corrected chi connectivity index (χ4v) is 2.51. The highest BCUT2D eigenvalue weighted by Crippen LogP contribution is 2.25. The van der Waals surface area contributed by atoms with Crippen LogP contribution in [0.15, 0.2) is 11.1 Å². The number of H-pyrrole nitrogens is 1. The molecule has 1 saturated heterocycles. The lowest BCUT2D eigenvalue weighted by Gasteiger charge is -2.12. The molecule has 9 nitrogen and oxygen atoms in total. The zero-order valence-electron chi connectivity index (χ0n) is 11.0. The molecule has 1 aliphatic rings. The topological polar surface area (TPSA) is 130 Å². The van der Waals surface area contributed by atoms with E-state index in [1.165, 1.54) is 4.57 Å². The van der Waals surface area contributed by atoms with Crippen LogP contribution in [0.2, 0.25) is 0 Å². The van der Waals surface area contributed by atoms with Gasteiger partial charge in [0, 0.05) is 0 Å². The van der Waals surface area contributed by atoms with E-state index in [1.54, 1.807) is 24.9 Å². The Hall–Kier alpha value is -1.97. The number of rotatable bonds is 1. The van der Waals surface area contributed by atoms with Crippen LogP contribution in [0.25, 0.3) is 11.2 Å². The second-order valence-electron chi connectivity index (χ2n) is 4.97. The zero-order chi connectivity index (χ0) is 14.6. The van der Waals surface area contributed by atoms with E-state index in [1.807, 2.05) is 0 Å². The molecule has 0 saturated carbocycles. The van der Waals surface area contributed by atoms with Gasteiger partial charge in [-0.25, -0.2) is 4.57 Å². The van der Waals surface area contributed by atoms with Crippen molar-refractivity contribution in [2.75, 3.05) is 5.73 Å². The third-order valence-electron chi connectivity index (χ3n) is 3.54. The van der Waals surface area contributed by atoms with Crippen molar-refractivity contribution in [1.82, 2.24) is 14.5 Å². The molecule has 5 N–H and O–H groups in total. The number of aromatic amines is 1. The molecule has 0 aromatic carbocycles. The Labute approximate surface area is 113 Å². The molecule has 0 spiro atoms. The molecule has 0 aliphatic carbocycles. The van der Waals surface area contributed by atoms with E-state index in [0.29, 0.717) is 11.2 Å². The molecule has 1 aliphatic heterocycles. The first-order valence-electron chi connectivity index (χ1n) is 6.17. The quantitative estimate of drug-likeness (QED) is 0.438. The molecule has 3 heterocycles. The van der Waals surface area contributed by atoms with Gasteiger partial charge in [-0.15, -0.1) is 0 Å². The third-order valence-corrected chi connectivity index (χ3v) is 3.54. The van der Waals surface area contributed by atoms with E-state index in [4.69, 9.17) is 10.5 Å². The summed E-state index contributed by atoms with van der Waals surface area (Å²) in [5, 5.41) is 19.8. The second kappa shape index (κ2) is 4.27. The fourth-order valence-electron chi connectivity index (χ4n) is 2.51. The van der Waals surface area contributed by atoms with Gasteiger partial charge in [0.05, 0.1) is 13.2 Å². The Bertz CT molecular complexity index is 723. The minimum Gasteiger partial charge on any atom is -0.387 e. The van der Waals surface area contributed by atoms with Gasteiger partial charge in [-0.1, -0.05) is 4.98 Å². The van der Waals surface area contributed by atoms with Crippen LogP contribution in [0.1, 0.15) is 13.2 Å². The maximum Gasteiger partial charge on any atom is 0.313 e. The number of imidazole rings is 1. The zero-order valence-corrected chi connectivity index (χ0v) is 11.0. The third kappa shape index (κ3) is 1.71. The van der Waals surface area contributed by atoms with Crippen molar-refractivity contribution >= 4 is 17.1 Å². The minimum absolute atomic E-state index is 0.0245. The number of nitrogens with two attached hydrogens (primary N) is 1. The normalized spacial score (nSPS) is 30.2. The average molecular weight is 282 g/mol. The van der Waals surface area contributed by atoms with Crippen LogP contribution in [-0.2, 0) is 11.8 Å². The predicted octanol–water partition coefficient (Wildman–Crippen LogP) is -2.23. The first kappa shape index (κ1) is 13.0. The first-order chi connectivity index (χ1) is 9.40. The molecule has 9 heteroatoms. The van der Waals surface area contributed by atoms with Gasteiger partial charge in [-0.3, -0.25) is 14.3 Å². The lowest BCUT2D eigenvalue weighted by atomic mass is 10.1. The number of hydrogen-bond donors (Lipinski definition) is 4. The van der Waals surface area contributed by atoms with E-state index in [-0.39, 0.29) is 11.5 Å². The molecule has 2 unspecified atom stereocenters. The number of anilines is 1. The molecule has 4 atom stereocenters. The summed E-state index contributed by atoms with van der Waals surface area (Å²) in [6.07, 6.45) is -1.87. The maximum atomic E-state index is 11.9. The molecule has 1 fully saturated rings. The van der Waals surface area contributed by atoms with E-state index in [0.717, 1.165) is 0 Å². The molecule has 3 rings (SSSR count). The molecule has 2 aromatic rings. The number of aliphatic hydroxyl groups is 2. The van der Waals surface area contributed by atoms with Gasteiger partial charge in [-0.05, 0) is 6.92 Å². The van der Waals surface area contributed by atoms with Crippen LogP contribution in [0.4, 0.5) is 5.95 Å². The molecule has 108 valence electrons. The minimum atomic E-state index is -1.11. The van der Waals surface area contributed by atoms with Crippen LogP contribution in [-0.4, -0.2) is 43.1 Å². The predicted molar refractivity (Wildman–Crippen MR) is 67.5 cm³/mol. The van der Waals surface area contributed by atoms with Crippen molar-refractivity contribution in [3.05, 3.63) is 16.7 Å². The molecule has 0 amide bonds. The van der Waals surface area contributed by atoms with E-state index in [9.17, 15) is 15.0 Å². The summed E-state index contributed by atoms with van der Waals surface area (Å²) in [7, 11) is 1.67. The number of aryl methyl sites for hydroxylation is 1. The summed E-state index contributed by atoms with van der Waals surface area (Å²) in [5.74, 6) is -0.0245. The van der Waals surface area contributed by atoms with Crippen LogP contribution in [0.5, 0.6) is 0 Å². The second-order valence-corrected chi connectivity index (χ2v) is 4.97. The van der Waals surface area contributed by atoms with Gasteiger partial charge in [0.15, 0.2) is 6.33 Å². The van der Waals surface area contributed by atoms with E-state index < -0.39 is 24.5 Å². The van der Waals surface area contributed by atoms with Crippen LogP contribution < -0.4 is 15.9 Å². The van der Waals surface area contributed by atoms with Gasteiger partial charge < -0.3 is 20.7 Å². The smallest absolute Gasteiger partial charge is 0.313 e. The Kier molecular flexibility index (Phi) is 2.78. The van der Waals surface area contributed by atoms with Crippen LogP contribution in [0.3, 0.4) is 0 Å². The van der Waals surface area contributed by atoms with Crippen molar-refractivity contribution in [2.24, 2.45) is 7.05 Å². The lowest BCUT2D eigenvalue weighted by molar-refractivity contribution is -0.745. The number of aliphatic hydroxyl groups excluding tert-OH is 2. The van der Waals surface area contributed by atoms with Crippen molar-refractivity contribution < 1.29 is 19.5 Å². The Balaban J connectivity index is 2.21. The summed E-state index contributed by atoms with van der Waals surface area (Å²) in [6.45, 7) is 1.66. The van der Waals surface area contributed by atoms with Crippen molar-refractivity contribution in [3.63, 3.8) is 0 Å². The fraction of sp³-hybridized carbons (Fsp3) is 0.545. The highest BCUT2D eigenvalue weighted by atomic mass is 16.6. The van der Waals surface area contributed by atoms with Crippen LogP contribution >= 0.6 is 0 Å². The average Bonchev–Trinajstić information content (AvgIpc) is 2.82. The summed E-state index contributed by atoms with van der Waals surface area (Å²) in [5.41, 5.74) is 5.77. The van der Waals surface area contributed by atoms with E-state index >= 15 is 0 Å². The van der Waals surface area contributed by atoms with Crippen LogP contribution in [0, 0.1) is 0 Å². The first-order valence-corrected chi connectivity index (χ1v) is 6.17. The lowest BCUT2D eigenvalue weighted by Crippen LogP contribution is -2.46. The number of nitrogens with zero attached hydrogens (tertiary/aromatic N) is 3. The van der Waals surface area contributed by atoms with Gasteiger partial charge in [-0.2, -0.15) is 0 Å². The summed E-state index contributed by atoms with van der Waals surface area (Å²) in [4.78, 5) is 18.4. The van der Waals surface area contributed by atoms with Crippen molar-refractivity contribution in [3.8, 4) is 0 Å². The summed E-state index contributed by atoms with van der Waals surface area (Å²) < 4.78 is 8.59. The SMILES string of the molecule is C[C@H]1O[C@@H]([n+]2cn(C)c3c(=O)[nH]c(N)nc32)C(O)C1O. The Morgan fingerprint density at radius 1 is 1.50 bits per heavy atom. The highest BCUT2D eigenvalue weighted by Gasteiger charge is 2.44. The van der Waals surface area contributed by atoms with Crippen molar-refractivity contribution in [2.45, 2.75) is 31.5 Å². The summed E-state index contributed by atoms with van der Waals surface area (Å²) >= 11 is 0. The van der Waals surface area contributed by atoms with E-state index in [2.05, 4.69) is 9.97 Å². The van der Waals surface area contributed by atoms with Gasteiger partial charge in [0.1, 0.15) is 12.2 Å². The standard InChI is InChI=1S/C11H15N5O4/c1-4-6(17)7(18)10(20-4)16-3-15(2)5-8(16)13-11(12)14-9(5)19/h3-4,6-7,10,17-18H,1-2H3,(H2-,12,13,14,19)/p+1/t4-,6?,7?,10-/m1/s1. The van der Waals surface area contributed by atoms with Gasteiger partial charge in [0.25, 0.3) is 11.5 Å². The Morgan fingerprint density at radius 3 is 2.80 bits per heavy atom. The molecule has 0 bridgehead atoms. The molecule has 20 heavy (non-hydrogen) atoms. The van der Waals surface area contributed by atoms with Gasteiger partial charge >= 0.3 is 5.65 Å². The molecule has 2 aromatic heterocycles. The molecular weight excluding hydrogens is 266 g/mol. The monoisotopic (exact) mass is 282 g/mol. The maximum absolute atomic E-state index is 11.9. The largest absolute Gasteiger partial charge is 0.387 e. The highest BCUT2D eigenvalue weighted by molar-refractivity contribution is 5.67. The number of fused-ring (bicyclic) bond motifs is 1. The molecular formula is C11H16N5O4+. The number of hydrogen-bond acceptors (Lipinski definition) is 6. The van der Waals surface area contributed by atoms with Crippen molar-refractivity contribution in [1.29, 1.82) is 0 Å². The number of nitrogens with one attached hydrogen (secondary N) is 1.